The normalized spacial score (nSPS) is 12.0. The van der Waals surface area contributed by atoms with Crippen molar-refractivity contribution in [2.45, 2.75) is 19.7 Å². The number of hydrogen-bond donors (Lipinski definition) is 0. The van der Waals surface area contributed by atoms with Crippen LogP contribution < -0.4 is 4.74 Å². The summed E-state index contributed by atoms with van der Waals surface area (Å²) < 4.78 is 72.4. The van der Waals surface area contributed by atoms with Gasteiger partial charge in [0.25, 0.3) is 0 Å². The maximum absolute atomic E-state index is 13.9. The summed E-state index contributed by atoms with van der Waals surface area (Å²) in [4.78, 5) is 4.39. The third-order valence-corrected chi connectivity index (χ3v) is 4.47. The highest BCUT2D eigenvalue weighted by Gasteiger charge is 2.35. The Morgan fingerprint density at radius 1 is 0.967 bits per heavy atom. The monoisotopic (exact) mass is 419 g/mol. The van der Waals surface area contributed by atoms with Gasteiger partial charge in [0.05, 0.1) is 28.0 Å². The first-order chi connectivity index (χ1) is 14.2. The summed E-state index contributed by atoms with van der Waals surface area (Å²) in [5.41, 5.74) is 0.00915. The Balaban J connectivity index is 1.98. The lowest BCUT2D eigenvalue weighted by atomic mass is 10.0. The zero-order chi connectivity index (χ0) is 21.5. The smallest absolute Gasteiger partial charge is 0.417 e. The van der Waals surface area contributed by atoms with E-state index in [9.17, 15) is 22.0 Å². The van der Waals surface area contributed by atoms with Crippen molar-refractivity contribution in [3.8, 4) is 22.7 Å². The molecule has 0 saturated carbocycles. The van der Waals surface area contributed by atoms with Crippen molar-refractivity contribution in [3.63, 3.8) is 0 Å². The van der Waals surface area contributed by atoms with Crippen molar-refractivity contribution in [2.75, 3.05) is 0 Å². The molecule has 30 heavy (non-hydrogen) atoms. The predicted octanol–water partition coefficient (Wildman–Crippen LogP) is 6.02. The van der Waals surface area contributed by atoms with E-state index in [-0.39, 0.29) is 33.7 Å². The van der Waals surface area contributed by atoms with E-state index in [2.05, 4.69) is 14.8 Å². The average molecular weight is 419 g/mol. The lowest BCUT2D eigenvalue weighted by molar-refractivity contribution is -0.136. The molecule has 2 aromatic carbocycles. The Morgan fingerprint density at radius 2 is 1.70 bits per heavy atom. The first kappa shape index (κ1) is 19.8. The number of pyridine rings is 1. The lowest BCUT2D eigenvalue weighted by Crippen LogP contribution is -2.08. The molecular formula is C21H14F5N3O. The van der Waals surface area contributed by atoms with Gasteiger partial charge < -0.3 is 4.74 Å². The molecule has 0 aliphatic carbocycles. The third kappa shape index (κ3) is 3.70. The van der Waals surface area contributed by atoms with Crippen LogP contribution in [0.2, 0.25) is 0 Å². The number of hydrogen-bond acceptors (Lipinski definition) is 3. The highest BCUT2D eigenvalue weighted by Crippen LogP contribution is 2.39. The molecular weight excluding hydrogens is 405 g/mol. The number of ether oxygens (including phenoxy) is 1. The van der Waals surface area contributed by atoms with E-state index >= 15 is 0 Å². The largest absolute Gasteiger partial charge is 0.435 e. The van der Waals surface area contributed by atoms with E-state index in [0.29, 0.717) is 5.69 Å². The van der Waals surface area contributed by atoms with Gasteiger partial charge in [-0.15, -0.1) is 0 Å². The summed E-state index contributed by atoms with van der Waals surface area (Å²) in [5.74, 6) is -0.175. The van der Waals surface area contributed by atoms with Crippen molar-refractivity contribution >= 4 is 11.0 Å². The number of rotatable bonds is 4. The number of benzene rings is 2. The zero-order valence-electron chi connectivity index (χ0n) is 15.5. The van der Waals surface area contributed by atoms with E-state index in [1.807, 2.05) is 0 Å². The number of fused-ring (bicyclic) bond motifs is 1. The number of halogens is 5. The molecule has 9 heteroatoms. The number of para-hydroxylation sites is 1. The topological polar surface area (TPSA) is 39.9 Å². The van der Waals surface area contributed by atoms with Crippen LogP contribution in [0.1, 0.15) is 11.3 Å². The van der Waals surface area contributed by atoms with Gasteiger partial charge in [0.2, 0.25) is 0 Å². The Labute approximate surface area is 167 Å². The fourth-order valence-corrected chi connectivity index (χ4v) is 3.24. The van der Waals surface area contributed by atoms with Crippen molar-refractivity contribution in [1.82, 2.24) is 14.8 Å². The van der Waals surface area contributed by atoms with Crippen LogP contribution in [0.3, 0.4) is 0 Å². The highest BCUT2D eigenvalue weighted by atomic mass is 19.4. The minimum Gasteiger partial charge on any atom is -0.435 e. The standard InChI is InChI=1S/C21H14F5N3O/c1-12-18-16(21(24,25)26)11-17(13-6-5-9-15(10-13)30-20(22)23)27-19(18)29(28-12)14-7-3-2-4-8-14/h2-11,20H,1H3. The molecule has 0 aliphatic rings. The van der Waals surface area contributed by atoms with E-state index in [4.69, 9.17) is 0 Å². The van der Waals surface area contributed by atoms with Crippen molar-refractivity contribution in [3.05, 3.63) is 71.9 Å². The lowest BCUT2D eigenvalue weighted by Gasteiger charge is -2.12. The van der Waals surface area contributed by atoms with Gasteiger partial charge >= 0.3 is 12.8 Å². The average Bonchev–Trinajstić information content (AvgIpc) is 3.03. The summed E-state index contributed by atoms with van der Waals surface area (Å²) in [6.07, 6.45) is -4.66. The molecule has 2 aromatic heterocycles. The van der Waals surface area contributed by atoms with Gasteiger partial charge in [0, 0.05) is 5.56 Å². The molecule has 154 valence electrons. The molecule has 2 heterocycles. The second-order valence-electron chi connectivity index (χ2n) is 6.49. The number of aryl methyl sites for hydroxylation is 1. The summed E-state index contributed by atoms with van der Waals surface area (Å²) in [5, 5.41) is 4.14. The molecule has 0 saturated heterocycles. The van der Waals surface area contributed by atoms with Gasteiger partial charge in [-0.3, -0.25) is 0 Å². The van der Waals surface area contributed by atoms with Gasteiger partial charge in [-0.25, -0.2) is 9.67 Å². The minimum absolute atomic E-state index is 0.0173. The van der Waals surface area contributed by atoms with Gasteiger partial charge in [-0.1, -0.05) is 30.3 Å². The van der Waals surface area contributed by atoms with E-state index in [0.717, 1.165) is 6.07 Å². The Hall–Kier alpha value is -3.49. The van der Waals surface area contributed by atoms with Crippen LogP contribution in [0.15, 0.2) is 60.7 Å². The third-order valence-electron chi connectivity index (χ3n) is 4.47. The molecule has 0 bridgehead atoms. The summed E-state index contributed by atoms with van der Waals surface area (Å²) in [7, 11) is 0. The molecule has 0 amide bonds. The molecule has 0 unspecified atom stereocenters. The first-order valence-corrected chi connectivity index (χ1v) is 8.82. The molecule has 4 nitrogen and oxygen atoms in total. The molecule has 0 radical (unpaired) electrons. The molecule has 4 rings (SSSR count). The van der Waals surface area contributed by atoms with Crippen LogP contribution >= 0.6 is 0 Å². The molecule has 0 aliphatic heterocycles. The molecule has 4 aromatic rings. The fraction of sp³-hybridized carbons (Fsp3) is 0.143. The summed E-state index contributed by atoms with van der Waals surface area (Å²) in [6.45, 7) is -1.57. The maximum Gasteiger partial charge on any atom is 0.417 e. The minimum atomic E-state index is -4.66. The Kier molecular flexibility index (Phi) is 4.89. The van der Waals surface area contributed by atoms with Crippen LogP contribution in [0, 0.1) is 6.92 Å². The van der Waals surface area contributed by atoms with Crippen molar-refractivity contribution in [1.29, 1.82) is 0 Å². The summed E-state index contributed by atoms with van der Waals surface area (Å²) >= 11 is 0. The summed E-state index contributed by atoms with van der Waals surface area (Å²) in [6, 6.07) is 14.9. The molecule has 0 atom stereocenters. The van der Waals surface area contributed by atoms with Gasteiger partial charge in [0.15, 0.2) is 5.65 Å². The molecule has 0 fully saturated rings. The SMILES string of the molecule is Cc1nn(-c2ccccc2)c2nc(-c3cccc(OC(F)F)c3)cc(C(F)(F)F)c12. The second kappa shape index (κ2) is 7.40. The van der Waals surface area contributed by atoms with E-state index in [1.165, 1.54) is 35.9 Å². The number of alkyl halides is 5. The predicted molar refractivity (Wildman–Crippen MR) is 101 cm³/mol. The highest BCUT2D eigenvalue weighted by molar-refractivity contribution is 5.87. The van der Waals surface area contributed by atoms with Gasteiger partial charge in [-0.2, -0.15) is 27.1 Å². The quantitative estimate of drug-likeness (QED) is 0.380. The second-order valence-corrected chi connectivity index (χ2v) is 6.49. The van der Waals surface area contributed by atoms with Gasteiger partial charge in [0.1, 0.15) is 5.75 Å². The van der Waals surface area contributed by atoms with Crippen molar-refractivity contribution < 1.29 is 26.7 Å². The Morgan fingerprint density at radius 3 is 2.37 bits per heavy atom. The van der Waals surface area contributed by atoms with Gasteiger partial charge in [-0.05, 0) is 37.3 Å². The molecule has 0 spiro atoms. The van der Waals surface area contributed by atoms with Crippen molar-refractivity contribution in [2.24, 2.45) is 0 Å². The fourth-order valence-electron chi connectivity index (χ4n) is 3.24. The van der Waals surface area contributed by atoms with Crippen LogP contribution in [-0.2, 0) is 6.18 Å². The number of aromatic nitrogens is 3. The zero-order valence-corrected chi connectivity index (χ0v) is 15.5. The van der Waals surface area contributed by atoms with Crippen LogP contribution in [0.4, 0.5) is 22.0 Å². The number of nitrogens with zero attached hydrogens (tertiary/aromatic N) is 3. The Bertz CT molecular complexity index is 1200. The maximum atomic E-state index is 13.9. The van der Waals surface area contributed by atoms with Crippen LogP contribution in [0.25, 0.3) is 28.0 Å². The van der Waals surface area contributed by atoms with Crippen LogP contribution in [-0.4, -0.2) is 21.4 Å². The molecule has 0 N–H and O–H groups in total. The van der Waals surface area contributed by atoms with E-state index in [1.54, 1.807) is 30.3 Å². The first-order valence-electron chi connectivity index (χ1n) is 8.82. The van der Waals surface area contributed by atoms with Crippen LogP contribution in [0.5, 0.6) is 5.75 Å². The van der Waals surface area contributed by atoms with E-state index < -0.39 is 18.4 Å².